The van der Waals surface area contributed by atoms with E-state index in [9.17, 15) is 18.0 Å². The van der Waals surface area contributed by atoms with Crippen molar-refractivity contribution in [3.05, 3.63) is 58.3 Å². The zero-order valence-electron chi connectivity index (χ0n) is 23.3. The number of imidazole rings is 1. The predicted octanol–water partition coefficient (Wildman–Crippen LogP) is 5.05. The van der Waals surface area contributed by atoms with Gasteiger partial charge in [-0.05, 0) is 69.9 Å². The Hall–Kier alpha value is -2.92. The van der Waals surface area contributed by atoms with Crippen LogP contribution >= 0.6 is 15.9 Å². The number of carbonyl (C=O) groups is 2. The van der Waals surface area contributed by atoms with E-state index in [1.54, 1.807) is 4.90 Å². The molecule has 0 unspecified atom stereocenters. The van der Waals surface area contributed by atoms with Gasteiger partial charge in [0.2, 0.25) is 5.91 Å². The Balaban J connectivity index is 1.44. The number of hydrogen-bond donors (Lipinski definition) is 0. The van der Waals surface area contributed by atoms with Crippen LogP contribution in [-0.2, 0) is 37.9 Å². The number of rotatable bonds is 6. The number of likely N-dealkylation sites (tertiary alicyclic amines) is 1. The summed E-state index contributed by atoms with van der Waals surface area (Å²) in [5.41, 5.74) is 2.21. The minimum absolute atomic E-state index is 0.00783. The van der Waals surface area contributed by atoms with E-state index in [1.807, 2.05) is 72.7 Å². The summed E-state index contributed by atoms with van der Waals surface area (Å²) in [6.45, 7) is 7.13. The maximum absolute atomic E-state index is 14.2. The Labute approximate surface area is 243 Å². The van der Waals surface area contributed by atoms with Gasteiger partial charge in [-0.1, -0.05) is 34.1 Å². The standard InChI is InChI=1S/C29H35BrN4O5S/c1-28(2,3)39-27(36)32-15-12-29(13-16-32)21-8-5-6-9-23(21)34(26(29)35)19-25-31-22-18-20(30)10-11-24(22)33(25)14-7-17-40(4,37)38/h5-6,8-11,18H,7,12-17,19H2,1-4H3. The van der Waals surface area contributed by atoms with Crippen LogP contribution in [0.5, 0.6) is 0 Å². The summed E-state index contributed by atoms with van der Waals surface area (Å²) in [4.78, 5) is 35.3. The fourth-order valence-electron chi connectivity index (χ4n) is 5.78. The zero-order chi connectivity index (χ0) is 28.9. The van der Waals surface area contributed by atoms with E-state index in [0.29, 0.717) is 44.7 Å². The van der Waals surface area contributed by atoms with Crippen LogP contribution in [0.2, 0.25) is 0 Å². The summed E-state index contributed by atoms with van der Waals surface area (Å²) in [7, 11) is -3.10. The molecule has 0 saturated carbocycles. The molecular formula is C29H35BrN4O5S. The van der Waals surface area contributed by atoms with Crippen molar-refractivity contribution in [3.8, 4) is 0 Å². The van der Waals surface area contributed by atoms with E-state index in [2.05, 4.69) is 15.9 Å². The minimum Gasteiger partial charge on any atom is -0.444 e. The number of ether oxygens (including phenoxy) is 1. The smallest absolute Gasteiger partial charge is 0.410 e. The maximum Gasteiger partial charge on any atom is 0.410 e. The lowest BCUT2D eigenvalue weighted by Gasteiger charge is -2.38. The summed E-state index contributed by atoms with van der Waals surface area (Å²) < 4.78 is 32.1. The number of benzene rings is 2. The van der Waals surface area contributed by atoms with Crippen LogP contribution in [0.25, 0.3) is 11.0 Å². The summed E-state index contributed by atoms with van der Waals surface area (Å²) in [6.07, 6.45) is 2.35. The van der Waals surface area contributed by atoms with Crippen LogP contribution in [0.15, 0.2) is 46.9 Å². The molecular weight excluding hydrogens is 596 g/mol. The molecule has 0 aliphatic carbocycles. The number of anilines is 1. The van der Waals surface area contributed by atoms with E-state index in [-0.39, 0.29) is 24.3 Å². The van der Waals surface area contributed by atoms with Gasteiger partial charge in [0.05, 0.1) is 28.7 Å². The highest BCUT2D eigenvalue weighted by molar-refractivity contribution is 9.10. The first-order valence-corrected chi connectivity index (χ1v) is 16.3. The van der Waals surface area contributed by atoms with Crippen molar-refractivity contribution in [1.82, 2.24) is 14.5 Å². The molecule has 3 heterocycles. The first-order chi connectivity index (χ1) is 18.8. The Morgan fingerprint density at radius 3 is 2.50 bits per heavy atom. The van der Waals surface area contributed by atoms with Gasteiger partial charge in [0.1, 0.15) is 21.3 Å². The van der Waals surface area contributed by atoms with Gasteiger partial charge in [-0.15, -0.1) is 0 Å². The molecule has 2 aromatic carbocycles. The average molecular weight is 632 g/mol. The van der Waals surface area contributed by atoms with Crippen molar-refractivity contribution >= 4 is 54.5 Å². The largest absolute Gasteiger partial charge is 0.444 e. The number of para-hydroxylation sites is 1. The molecule has 5 rings (SSSR count). The molecule has 0 N–H and O–H groups in total. The highest BCUT2D eigenvalue weighted by Gasteiger charge is 2.52. The lowest BCUT2D eigenvalue weighted by Crippen LogP contribution is -2.51. The van der Waals surface area contributed by atoms with Crippen LogP contribution in [-0.4, -0.2) is 65.6 Å². The molecule has 1 fully saturated rings. The fraction of sp³-hybridized carbons (Fsp3) is 0.483. The van der Waals surface area contributed by atoms with Crippen LogP contribution in [0, 0.1) is 0 Å². The molecule has 0 atom stereocenters. The van der Waals surface area contributed by atoms with Gasteiger partial charge >= 0.3 is 6.09 Å². The first-order valence-electron chi connectivity index (χ1n) is 13.5. The number of halogens is 1. The van der Waals surface area contributed by atoms with Crippen LogP contribution in [0.4, 0.5) is 10.5 Å². The Morgan fingerprint density at radius 1 is 1.12 bits per heavy atom. The average Bonchev–Trinajstić information content (AvgIpc) is 3.31. The number of fused-ring (bicyclic) bond motifs is 3. The number of aromatic nitrogens is 2. The minimum atomic E-state index is -3.10. The van der Waals surface area contributed by atoms with Crippen molar-refractivity contribution < 1.29 is 22.7 Å². The molecule has 2 aliphatic rings. The second-order valence-electron chi connectivity index (χ2n) is 11.8. The summed E-state index contributed by atoms with van der Waals surface area (Å²) >= 11 is 3.51. The normalized spacial score (nSPS) is 17.1. The molecule has 2 amide bonds. The van der Waals surface area contributed by atoms with E-state index in [0.717, 1.165) is 26.8 Å². The quantitative estimate of drug-likeness (QED) is 0.378. The maximum atomic E-state index is 14.2. The molecule has 2 aliphatic heterocycles. The second-order valence-corrected chi connectivity index (χ2v) is 14.9. The highest BCUT2D eigenvalue weighted by Crippen LogP contribution is 2.48. The molecule has 1 spiro atoms. The molecule has 214 valence electrons. The lowest BCUT2D eigenvalue weighted by molar-refractivity contribution is -0.125. The van der Waals surface area contributed by atoms with Gasteiger partial charge < -0.3 is 19.1 Å². The summed E-state index contributed by atoms with van der Waals surface area (Å²) in [5.74, 6) is 0.784. The molecule has 0 radical (unpaired) electrons. The third-order valence-corrected chi connectivity index (χ3v) is 9.14. The first kappa shape index (κ1) is 28.6. The number of nitrogens with zero attached hydrogens (tertiary/aromatic N) is 4. The lowest BCUT2D eigenvalue weighted by atomic mass is 9.74. The summed E-state index contributed by atoms with van der Waals surface area (Å²) in [5, 5.41) is 0. The van der Waals surface area contributed by atoms with Gasteiger partial charge in [-0.2, -0.15) is 0 Å². The Kier molecular flexibility index (Phi) is 7.50. The fourth-order valence-corrected chi connectivity index (χ4v) is 6.79. The monoisotopic (exact) mass is 630 g/mol. The van der Waals surface area contributed by atoms with Crippen LogP contribution in [0.3, 0.4) is 0 Å². The Bertz CT molecular complexity index is 1570. The SMILES string of the molecule is CC(C)(C)OC(=O)N1CCC2(CC1)C(=O)N(Cc1nc3cc(Br)ccc3n1CCCS(C)(=O)=O)c1ccccc12. The highest BCUT2D eigenvalue weighted by atomic mass is 79.9. The number of sulfone groups is 1. The van der Waals surface area contributed by atoms with E-state index in [1.165, 1.54) is 6.26 Å². The topological polar surface area (TPSA) is 102 Å². The van der Waals surface area contributed by atoms with Crippen molar-refractivity contribution in [1.29, 1.82) is 0 Å². The zero-order valence-corrected chi connectivity index (χ0v) is 25.7. The van der Waals surface area contributed by atoms with Crippen molar-refractivity contribution in [2.45, 2.75) is 64.1 Å². The van der Waals surface area contributed by atoms with Crippen LogP contribution in [0.1, 0.15) is 51.4 Å². The number of piperidine rings is 1. The molecule has 0 bridgehead atoms. The van der Waals surface area contributed by atoms with E-state index < -0.39 is 20.9 Å². The van der Waals surface area contributed by atoms with Gasteiger partial charge in [-0.25, -0.2) is 18.2 Å². The van der Waals surface area contributed by atoms with E-state index >= 15 is 0 Å². The van der Waals surface area contributed by atoms with Crippen molar-refractivity contribution in [3.63, 3.8) is 0 Å². The number of amides is 2. The van der Waals surface area contributed by atoms with Gasteiger partial charge in [-0.3, -0.25) is 4.79 Å². The van der Waals surface area contributed by atoms with Gasteiger partial charge in [0, 0.05) is 36.1 Å². The molecule has 9 nitrogen and oxygen atoms in total. The van der Waals surface area contributed by atoms with Crippen molar-refractivity contribution in [2.24, 2.45) is 0 Å². The van der Waals surface area contributed by atoms with Crippen LogP contribution < -0.4 is 4.90 Å². The summed E-state index contributed by atoms with van der Waals surface area (Å²) in [6, 6.07) is 13.7. The molecule has 1 saturated heterocycles. The molecule has 40 heavy (non-hydrogen) atoms. The number of carbonyl (C=O) groups excluding carboxylic acids is 2. The van der Waals surface area contributed by atoms with E-state index in [4.69, 9.17) is 9.72 Å². The Morgan fingerprint density at radius 2 is 1.82 bits per heavy atom. The van der Waals surface area contributed by atoms with Crippen molar-refractivity contribution in [2.75, 3.05) is 30.0 Å². The number of aryl methyl sites for hydroxylation is 1. The second kappa shape index (κ2) is 10.5. The third-order valence-electron chi connectivity index (χ3n) is 7.62. The third kappa shape index (κ3) is 5.63. The predicted molar refractivity (Wildman–Crippen MR) is 158 cm³/mol. The van der Waals surface area contributed by atoms with Gasteiger partial charge in [0.15, 0.2) is 0 Å². The molecule has 11 heteroatoms. The number of hydrogen-bond acceptors (Lipinski definition) is 6. The van der Waals surface area contributed by atoms with Gasteiger partial charge in [0.25, 0.3) is 0 Å². The molecule has 1 aromatic heterocycles. The molecule has 3 aromatic rings.